The Morgan fingerprint density at radius 3 is 2.72 bits per heavy atom. The maximum absolute atomic E-state index is 5.83. The summed E-state index contributed by atoms with van der Waals surface area (Å²) in [6.45, 7) is 3.50. The number of aromatic nitrogens is 1. The molecule has 3 nitrogen and oxygen atoms in total. The van der Waals surface area contributed by atoms with Crippen LogP contribution in [0.5, 0.6) is 5.88 Å². The molecule has 0 spiro atoms. The van der Waals surface area contributed by atoms with Crippen LogP contribution in [0, 0.1) is 18.8 Å². The fourth-order valence-corrected chi connectivity index (χ4v) is 2.83. The highest BCUT2D eigenvalue weighted by Crippen LogP contribution is 2.29. The highest BCUT2D eigenvalue weighted by atomic mass is 79.9. The normalized spacial score (nSPS) is 23.9. The number of rotatable bonds is 4. The molecule has 0 amide bonds. The Hall–Kier alpha value is -0.610. The van der Waals surface area contributed by atoms with Crippen molar-refractivity contribution in [1.82, 2.24) is 4.98 Å². The molecular formula is C14H21BrN2O. The molecule has 0 bridgehead atoms. The minimum absolute atomic E-state index is 0.592. The van der Waals surface area contributed by atoms with E-state index in [0.717, 1.165) is 29.2 Å². The van der Waals surface area contributed by atoms with Crippen LogP contribution in [0.4, 0.5) is 0 Å². The molecule has 1 fully saturated rings. The molecule has 0 radical (unpaired) electrons. The van der Waals surface area contributed by atoms with E-state index < -0.39 is 0 Å². The molecule has 1 saturated carbocycles. The molecule has 2 atom stereocenters. The van der Waals surface area contributed by atoms with Crippen LogP contribution in [0.2, 0.25) is 0 Å². The Morgan fingerprint density at radius 1 is 1.33 bits per heavy atom. The summed E-state index contributed by atoms with van der Waals surface area (Å²) in [5.74, 6) is 1.93. The van der Waals surface area contributed by atoms with E-state index in [0.29, 0.717) is 11.8 Å². The first-order chi connectivity index (χ1) is 8.70. The topological polar surface area (TPSA) is 48.1 Å². The number of ether oxygens (including phenoxy) is 1. The maximum atomic E-state index is 5.83. The van der Waals surface area contributed by atoms with E-state index in [1.807, 2.05) is 19.1 Å². The van der Waals surface area contributed by atoms with Gasteiger partial charge in [-0.05, 0) is 60.1 Å². The molecule has 2 unspecified atom stereocenters. The number of halogens is 1. The van der Waals surface area contributed by atoms with Crippen molar-refractivity contribution >= 4 is 15.9 Å². The second-order valence-electron chi connectivity index (χ2n) is 5.07. The molecule has 18 heavy (non-hydrogen) atoms. The summed E-state index contributed by atoms with van der Waals surface area (Å²) in [5.41, 5.74) is 6.79. The van der Waals surface area contributed by atoms with Crippen LogP contribution in [0.15, 0.2) is 16.6 Å². The third-order valence-electron chi connectivity index (χ3n) is 3.81. The predicted molar refractivity (Wildman–Crippen MR) is 76.7 cm³/mol. The van der Waals surface area contributed by atoms with E-state index in [-0.39, 0.29) is 0 Å². The Bertz CT molecular complexity index is 397. The minimum atomic E-state index is 0.592. The molecule has 1 aliphatic carbocycles. The maximum Gasteiger partial charge on any atom is 0.213 e. The van der Waals surface area contributed by atoms with Gasteiger partial charge in [0.1, 0.15) is 0 Å². The summed E-state index contributed by atoms with van der Waals surface area (Å²) in [4.78, 5) is 4.41. The average molecular weight is 313 g/mol. The third-order valence-corrected chi connectivity index (χ3v) is 4.65. The number of hydrogen-bond donors (Lipinski definition) is 1. The molecule has 0 aromatic carbocycles. The summed E-state index contributed by atoms with van der Waals surface area (Å²) in [7, 11) is 0. The zero-order valence-corrected chi connectivity index (χ0v) is 12.4. The van der Waals surface area contributed by atoms with Crippen molar-refractivity contribution < 1.29 is 4.74 Å². The number of aryl methyl sites for hydroxylation is 1. The summed E-state index contributed by atoms with van der Waals surface area (Å²) < 4.78 is 6.85. The minimum Gasteiger partial charge on any atom is -0.477 e. The van der Waals surface area contributed by atoms with Crippen LogP contribution >= 0.6 is 15.9 Å². The molecule has 2 N–H and O–H groups in total. The van der Waals surface area contributed by atoms with Gasteiger partial charge in [0, 0.05) is 10.5 Å². The monoisotopic (exact) mass is 312 g/mol. The largest absolute Gasteiger partial charge is 0.477 e. The Morgan fingerprint density at radius 2 is 2.06 bits per heavy atom. The summed E-state index contributed by atoms with van der Waals surface area (Å²) in [6, 6.07) is 3.90. The molecule has 1 aromatic rings. The Balaban J connectivity index is 1.91. The van der Waals surface area contributed by atoms with Crippen LogP contribution in [0.1, 0.15) is 31.4 Å². The van der Waals surface area contributed by atoms with Gasteiger partial charge in [-0.3, -0.25) is 0 Å². The van der Waals surface area contributed by atoms with Crippen molar-refractivity contribution in [2.24, 2.45) is 17.6 Å². The lowest BCUT2D eigenvalue weighted by Crippen LogP contribution is -2.30. The zero-order valence-electron chi connectivity index (χ0n) is 10.9. The number of pyridine rings is 1. The fourth-order valence-electron chi connectivity index (χ4n) is 2.61. The van der Waals surface area contributed by atoms with E-state index in [1.54, 1.807) is 0 Å². The predicted octanol–water partition coefficient (Wildman–Crippen LogP) is 3.30. The third kappa shape index (κ3) is 3.45. The van der Waals surface area contributed by atoms with Crippen molar-refractivity contribution in [2.45, 2.75) is 32.6 Å². The summed E-state index contributed by atoms with van der Waals surface area (Å²) in [6.07, 6.45) is 5.10. The molecule has 100 valence electrons. The highest BCUT2D eigenvalue weighted by Gasteiger charge is 2.24. The van der Waals surface area contributed by atoms with E-state index in [4.69, 9.17) is 10.5 Å². The SMILES string of the molecule is Cc1nc(OCC2CCCCC2CN)ccc1Br. The van der Waals surface area contributed by atoms with Gasteiger partial charge in [-0.2, -0.15) is 0 Å². The van der Waals surface area contributed by atoms with Crippen LogP contribution in [0.25, 0.3) is 0 Å². The molecule has 4 heteroatoms. The number of nitrogens with two attached hydrogens (primary N) is 1. The second-order valence-corrected chi connectivity index (χ2v) is 5.92. The second kappa shape index (κ2) is 6.53. The van der Waals surface area contributed by atoms with Crippen LogP contribution in [-0.4, -0.2) is 18.1 Å². The lowest BCUT2D eigenvalue weighted by atomic mass is 9.80. The van der Waals surface area contributed by atoms with E-state index in [2.05, 4.69) is 20.9 Å². The van der Waals surface area contributed by atoms with Gasteiger partial charge in [0.05, 0.1) is 12.3 Å². The van der Waals surface area contributed by atoms with Crippen LogP contribution < -0.4 is 10.5 Å². The quantitative estimate of drug-likeness (QED) is 0.928. The van der Waals surface area contributed by atoms with Crippen molar-refractivity contribution in [2.75, 3.05) is 13.2 Å². The molecule has 2 rings (SSSR count). The van der Waals surface area contributed by atoms with Gasteiger partial charge in [0.15, 0.2) is 0 Å². The lowest BCUT2D eigenvalue weighted by Gasteiger charge is -2.30. The first-order valence-electron chi connectivity index (χ1n) is 6.66. The fraction of sp³-hybridized carbons (Fsp3) is 0.643. The van der Waals surface area contributed by atoms with Gasteiger partial charge >= 0.3 is 0 Å². The van der Waals surface area contributed by atoms with Crippen molar-refractivity contribution in [3.05, 3.63) is 22.3 Å². The molecule has 1 aliphatic rings. The smallest absolute Gasteiger partial charge is 0.213 e. The summed E-state index contributed by atoms with van der Waals surface area (Å²) >= 11 is 3.44. The van der Waals surface area contributed by atoms with E-state index in [1.165, 1.54) is 25.7 Å². The highest BCUT2D eigenvalue weighted by molar-refractivity contribution is 9.10. The lowest BCUT2D eigenvalue weighted by molar-refractivity contribution is 0.149. The van der Waals surface area contributed by atoms with Gasteiger partial charge in [0.2, 0.25) is 5.88 Å². The van der Waals surface area contributed by atoms with Gasteiger partial charge in [-0.1, -0.05) is 12.8 Å². The molecular weight excluding hydrogens is 292 g/mol. The summed E-state index contributed by atoms with van der Waals surface area (Å²) in [5, 5.41) is 0. The van der Waals surface area contributed by atoms with Crippen LogP contribution in [0.3, 0.4) is 0 Å². The molecule has 0 saturated heterocycles. The number of nitrogens with zero attached hydrogens (tertiary/aromatic N) is 1. The first kappa shape index (κ1) is 13.8. The van der Waals surface area contributed by atoms with Gasteiger partial charge in [0.25, 0.3) is 0 Å². The Kier molecular flexibility index (Phi) is 5.01. The van der Waals surface area contributed by atoms with E-state index in [9.17, 15) is 0 Å². The average Bonchev–Trinajstić information content (AvgIpc) is 2.40. The van der Waals surface area contributed by atoms with Crippen LogP contribution in [-0.2, 0) is 0 Å². The van der Waals surface area contributed by atoms with Gasteiger partial charge < -0.3 is 10.5 Å². The van der Waals surface area contributed by atoms with Crippen molar-refractivity contribution in [3.8, 4) is 5.88 Å². The molecule has 1 heterocycles. The first-order valence-corrected chi connectivity index (χ1v) is 7.46. The molecule has 1 aromatic heterocycles. The number of hydrogen-bond acceptors (Lipinski definition) is 3. The Labute approximate surface area is 117 Å². The van der Waals surface area contributed by atoms with E-state index >= 15 is 0 Å². The standard InChI is InChI=1S/C14H21BrN2O/c1-10-13(15)6-7-14(17-10)18-9-12-5-3-2-4-11(12)8-16/h6-7,11-12H,2-5,8-9,16H2,1H3. The molecule has 0 aliphatic heterocycles. The van der Waals surface area contributed by atoms with Gasteiger partial charge in [-0.15, -0.1) is 0 Å². The van der Waals surface area contributed by atoms with Crippen molar-refractivity contribution in [1.29, 1.82) is 0 Å². The zero-order chi connectivity index (χ0) is 13.0. The van der Waals surface area contributed by atoms with Crippen molar-refractivity contribution in [3.63, 3.8) is 0 Å². The van der Waals surface area contributed by atoms with Gasteiger partial charge in [-0.25, -0.2) is 4.98 Å².